The Morgan fingerprint density at radius 1 is 1.27 bits per heavy atom. The number of nitrogens with one attached hydrogen (secondary N) is 1. The van der Waals surface area contributed by atoms with E-state index in [0.717, 1.165) is 11.8 Å². The molecule has 0 atom stereocenters. The number of pyridine rings is 1. The topological polar surface area (TPSA) is 113 Å². The van der Waals surface area contributed by atoms with Crippen molar-refractivity contribution in [3.05, 3.63) is 92.8 Å². The van der Waals surface area contributed by atoms with Gasteiger partial charge in [0.2, 0.25) is 0 Å². The van der Waals surface area contributed by atoms with Crippen LogP contribution in [0.3, 0.4) is 0 Å². The van der Waals surface area contributed by atoms with Gasteiger partial charge in [-0.15, -0.1) is 11.8 Å². The molecule has 0 aliphatic rings. The van der Waals surface area contributed by atoms with Crippen LogP contribution in [0.2, 0.25) is 5.02 Å². The number of thioether (sulfide) groups is 1. The molecule has 2 aromatic heterocycles. The molecular formula is C28H22ClF2N5O3S. The van der Waals surface area contributed by atoms with Gasteiger partial charge in [0.25, 0.3) is 12.3 Å². The lowest BCUT2D eigenvalue weighted by Gasteiger charge is -2.11. The van der Waals surface area contributed by atoms with Crippen molar-refractivity contribution in [3.63, 3.8) is 0 Å². The molecule has 0 saturated heterocycles. The SMILES string of the molecule is COc1ccc(C=NNC(=O)c2c(-c3ccccc3Cl)noc2C)cc1CSc1nc(C(F)F)cc(C)c1C#N. The van der Waals surface area contributed by atoms with Gasteiger partial charge in [-0.3, -0.25) is 4.79 Å². The molecule has 0 bridgehead atoms. The minimum absolute atomic E-state index is 0.208. The van der Waals surface area contributed by atoms with Crippen LogP contribution in [0.5, 0.6) is 5.75 Å². The summed E-state index contributed by atoms with van der Waals surface area (Å²) in [7, 11) is 1.51. The molecule has 0 spiro atoms. The van der Waals surface area contributed by atoms with Crippen molar-refractivity contribution in [3.8, 4) is 23.1 Å². The minimum Gasteiger partial charge on any atom is -0.496 e. The molecule has 2 heterocycles. The minimum atomic E-state index is -2.75. The van der Waals surface area contributed by atoms with E-state index in [9.17, 15) is 18.8 Å². The third-order valence-corrected chi connectivity index (χ3v) is 7.16. The second-order valence-corrected chi connectivity index (χ2v) is 9.83. The Labute approximate surface area is 238 Å². The fourth-order valence-electron chi connectivity index (χ4n) is 3.86. The summed E-state index contributed by atoms with van der Waals surface area (Å²) >= 11 is 7.42. The van der Waals surface area contributed by atoms with Gasteiger partial charge in [0.05, 0.1) is 23.9 Å². The number of rotatable bonds is 9. The van der Waals surface area contributed by atoms with E-state index in [1.165, 1.54) is 19.4 Å². The molecule has 0 unspecified atom stereocenters. The number of hydrazone groups is 1. The van der Waals surface area contributed by atoms with Gasteiger partial charge in [-0.25, -0.2) is 19.2 Å². The number of carbonyl (C=O) groups excluding carboxylic acids is 1. The number of carbonyl (C=O) groups is 1. The van der Waals surface area contributed by atoms with Crippen LogP contribution in [0.15, 0.2) is 63.2 Å². The standard InChI is InChI=1S/C28H22ClF2N5O3S/c1-15-10-22(26(30)31)34-28(20(15)12-32)40-14-18-11-17(8-9-23(18)38-3)13-33-35-27(37)24-16(2)39-36-25(24)19-6-4-5-7-21(19)29/h4-11,13,26H,14H2,1-3H3,(H,35,37). The number of amides is 1. The Morgan fingerprint density at radius 2 is 2.05 bits per heavy atom. The Morgan fingerprint density at radius 3 is 2.75 bits per heavy atom. The van der Waals surface area contributed by atoms with Gasteiger partial charge < -0.3 is 9.26 Å². The van der Waals surface area contributed by atoms with Crippen molar-refractivity contribution in [1.29, 1.82) is 5.26 Å². The summed E-state index contributed by atoms with van der Waals surface area (Å²) in [5.41, 5.74) is 5.18. The van der Waals surface area contributed by atoms with Gasteiger partial charge in [0.1, 0.15) is 39.6 Å². The van der Waals surface area contributed by atoms with E-state index in [4.69, 9.17) is 20.9 Å². The molecule has 0 radical (unpaired) electrons. The maximum atomic E-state index is 13.3. The summed E-state index contributed by atoms with van der Waals surface area (Å²) in [6.07, 6.45) is -1.30. The second-order valence-electron chi connectivity index (χ2n) is 8.46. The summed E-state index contributed by atoms with van der Waals surface area (Å²) in [5, 5.41) is 18.2. The number of benzene rings is 2. The molecule has 2 aromatic carbocycles. The van der Waals surface area contributed by atoms with E-state index in [2.05, 4.69) is 20.7 Å². The molecule has 12 heteroatoms. The number of aromatic nitrogens is 2. The lowest BCUT2D eigenvalue weighted by atomic mass is 10.1. The van der Waals surface area contributed by atoms with E-state index in [-0.39, 0.29) is 27.6 Å². The molecule has 0 aliphatic heterocycles. The van der Waals surface area contributed by atoms with Gasteiger partial charge in [-0.2, -0.15) is 10.4 Å². The fourth-order valence-corrected chi connectivity index (χ4v) is 5.12. The third kappa shape index (κ3) is 6.30. The average molecular weight is 582 g/mol. The number of nitrogens with zero attached hydrogens (tertiary/aromatic N) is 4. The largest absolute Gasteiger partial charge is 0.496 e. The third-order valence-electron chi connectivity index (χ3n) is 5.81. The van der Waals surface area contributed by atoms with Crippen LogP contribution in [0.1, 0.15) is 50.5 Å². The van der Waals surface area contributed by atoms with Crippen LogP contribution >= 0.6 is 23.4 Å². The Hall–Kier alpha value is -4.27. The highest BCUT2D eigenvalue weighted by Gasteiger charge is 2.23. The van der Waals surface area contributed by atoms with Crippen LogP contribution in [-0.4, -0.2) is 29.4 Å². The first-order valence-corrected chi connectivity index (χ1v) is 13.1. The molecule has 4 aromatic rings. The highest BCUT2D eigenvalue weighted by atomic mass is 35.5. The maximum absolute atomic E-state index is 13.3. The van der Waals surface area contributed by atoms with Crippen LogP contribution in [0.4, 0.5) is 8.78 Å². The molecule has 1 amide bonds. The fraction of sp³-hybridized carbons (Fsp3) is 0.179. The van der Waals surface area contributed by atoms with Crippen LogP contribution in [-0.2, 0) is 5.75 Å². The number of hydrogen-bond donors (Lipinski definition) is 1. The summed E-state index contributed by atoms with van der Waals surface area (Å²) < 4.78 is 37.2. The molecule has 40 heavy (non-hydrogen) atoms. The van der Waals surface area contributed by atoms with E-state index >= 15 is 0 Å². The van der Waals surface area contributed by atoms with E-state index < -0.39 is 12.3 Å². The number of aryl methyl sites for hydroxylation is 2. The molecule has 8 nitrogen and oxygen atoms in total. The Kier molecular flexibility index (Phi) is 9.14. The summed E-state index contributed by atoms with van der Waals surface area (Å²) in [6.45, 7) is 3.21. The second kappa shape index (κ2) is 12.7. The zero-order valence-electron chi connectivity index (χ0n) is 21.5. The Bertz CT molecular complexity index is 1630. The molecule has 0 aliphatic carbocycles. The van der Waals surface area contributed by atoms with Crippen molar-refractivity contribution in [2.75, 3.05) is 7.11 Å². The summed E-state index contributed by atoms with van der Waals surface area (Å²) in [4.78, 5) is 16.9. The van der Waals surface area contributed by atoms with E-state index in [1.807, 2.05) is 6.07 Å². The van der Waals surface area contributed by atoms with Crippen LogP contribution in [0.25, 0.3) is 11.3 Å². The van der Waals surface area contributed by atoms with Crippen LogP contribution < -0.4 is 10.2 Å². The molecule has 4 rings (SSSR count). The van der Waals surface area contributed by atoms with E-state index in [1.54, 1.807) is 56.3 Å². The first-order chi connectivity index (χ1) is 19.2. The highest BCUT2D eigenvalue weighted by molar-refractivity contribution is 7.98. The van der Waals surface area contributed by atoms with Crippen LogP contribution in [0, 0.1) is 25.2 Å². The predicted molar refractivity (Wildman–Crippen MR) is 148 cm³/mol. The smallest absolute Gasteiger partial charge is 0.280 e. The number of alkyl halides is 2. The van der Waals surface area contributed by atoms with Gasteiger partial charge in [0.15, 0.2) is 0 Å². The summed E-state index contributed by atoms with van der Waals surface area (Å²) in [6, 6.07) is 15.5. The lowest BCUT2D eigenvalue weighted by Crippen LogP contribution is -2.19. The zero-order chi connectivity index (χ0) is 28.8. The first-order valence-electron chi connectivity index (χ1n) is 11.8. The molecule has 1 N–H and O–H groups in total. The highest BCUT2D eigenvalue weighted by Crippen LogP contribution is 2.33. The van der Waals surface area contributed by atoms with Crippen molar-refractivity contribution in [2.45, 2.75) is 31.1 Å². The number of halogens is 3. The summed E-state index contributed by atoms with van der Waals surface area (Å²) in [5.74, 6) is 0.617. The van der Waals surface area contributed by atoms with Gasteiger partial charge in [-0.05, 0) is 55.3 Å². The molecule has 204 valence electrons. The van der Waals surface area contributed by atoms with Gasteiger partial charge >= 0.3 is 0 Å². The van der Waals surface area contributed by atoms with Crippen molar-refractivity contribution in [1.82, 2.24) is 15.6 Å². The Balaban J connectivity index is 1.52. The maximum Gasteiger partial charge on any atom is 0.280 e. The number of methoxy groups -OCH3 is 1. The molecule has 0 saturated carbocycles. The molecule has 0 fully saturated rings. The number of ether oxygens (including phenoxy) is 1. The van der Waals surface area contributed by atoms with Crippen molar-refractivity contribution < 1.29 is 22.8 Å². The molecular weight excluding hydrogens is 560 g/mol. The lowest BCUT2D eigenvalue weighted by molar-refractivity contribution is 0.0954. The van der Waals surface area contributed by atoms with Crippen molar-refractivity contribution >= 4 is 35.5 Å². The predicted octanol–water partition coefficient (Wildman–Crippen LogP) is 6.88. The average Bonchev–Trinajstić information content (AvgIpc) is 3.32. The van der Waals surface area contributed by atoms with Crippen molar-refractivity contribution in [2.24, 2.45) is 5.10 Å². The van der Waals surface area contributed by atoms with Gasteiger partial charge in [-0.1, -0.05) is 35.0 Å². The normalized spacial score (nSPS) is 11.2. The first kappa shape index (κ1) is 28.7. The zero-order valence-corrected chi connectivity index (χ0v) is 23.1. The monoisotopic (exact) mass is 581 g/mol. The quantitative estimate of drug-likeness (QED) is 0.130. The number of nitriles is 1. The van der Waals surface area contributed by atoms with E-state index in [0.29, 0.717) is 44.5 Å². The van der Waals surface area contributed by atoms with Gasteiger partial charge in [0, 0.05) is 16.9 Å². The number of hydrogen-bond acceptors (Lipinski definition) is 8.